The van der Waals surface area contributed by atoms with Crippen molar-refractivity contribution in [2.75, 3.05) is 7.11 Å². The average Bonchev–Trinajstić information content (AvgIpc) is 3.05. The van der Waals surface area contributed by atoms with Crippen molar-refractivity contribution in [2.45, 2.75) is 44.7 Å². The van der Waals surface area contributed by atoms with E-state index in [0.717, 1.165) is 16.8 Å². The molecule has 0 saturated heterocycles. The van der Waals surface area contributed by atoms with Crippen LogP contribution in [0.25, 0.3) is 10.9 Å². The molecule has 1 aliphatic rings. The van der Waals surface area contributed by atoms with Crippen molar-refractivity contribution in [3.8, 4) is 11.5 Å². The molecule has 2 aromatic carbocycles. The van der Waals surface area contributed by atoms with Crippen LogP contribution >= 0.6 is 0 Å². The van der Waals surface area contributed by atoms with Crippen LogP contribution in [0, 0.1) is 5.82 Å². The van der Waals surface area contributed by atoms with Crippen LogP contribution in [0.4, 0.5) is 4.39 Å². The second-order valence-corrected chi connectivity index (χ2v) is 8.08. The van der Waals surface area contributed by atoms with Crippen molar-refractivity contribution < 1.29 is 28.9 Å². The standard InChI is InChI=1S/C24H25FN2O5/c1-32-22-10-14(2-8-21(22)28)3-9-23(29)26-16-5-7-20-18(12-16)17-11-15(25)4-6-19(17)27(20)13-24(30)31/h2,4,6,8,10-11,16,28H,3,5,7,9,12-13H2,1H3,(H,26,29)(H,30,31)/t16-/m0/s1. The molecule has 0 unspecified atom stereocenters. The normalized spacial score (nSPS) is 15.4. The number of hydrogen-bond acceptors (Lipinski definition) is 4. The summed E-state index contributed by atoms with van der Waals surface area (Å²) in [5, 5.41) is 22.8. The average molecular weight is 440 g/mol. The number of fused-ring (bicyclic) bond motifs is 3. The van der Waals surface area contributed by atoms with E-state index in [1.807, 2.05) is 0 Å². The first-order valence-corrected chi connectivity index (χ1v) is 10.5. The SMILES string of the molecule is COc1cc(CCC(=O)N[C@H]2CCc3c(c4cc(F)ccc4n3CC(=O)O)C2)ccc1O. The van der Waals surface area contributed by atoms with Gasteiger partial charge in [0, 0.05) is 29.1 Å². The number of carboxylic acids is 1. The zero-order chi connectivity index (χ0) is 22.8. The van der Waals surface area contributed by atoms with E-state index >= 15 is 0 Å². The molecular formula is C24H25FN2O5. The van der Waals surface area contributed by atoms with E-state index in [1.54, 1.807) is 28.8 Å². The summed E-state index contributed by atoms with van der Waals surface area (Å²) in [5.41, 5.74) is 3.38. The van der Waals surface area contributed by atoms with Gasteiger partial charge in [0.1, 0.15) is 12.4 Å². The summed E-state index contributed by atoms with van der Waals surface area (Å²) in [7, 11) is 1.47. The molecule has 1 heterocycles. The molecule has 8 heteroatoms. The molecule has 7 nitrogen and oxygen atoms in total. The Morgan fingerprint density at radius 1 is 1.25 bits per heavy atom. The second-order valence-electron chi connectivity index (χ2n) is 8.08. The first-order chi connectivity index (χ1) is 15.4. The lowest BCUT2D eigenvalue weighted by Gasteiger charge is -2.25. The van der Waals surface area contributed by atoms with Gasteiger partial charge in [0.15, 0.2) is 11.5 Å². The third-order valence-corrected chi connectivity index (χ3v) is 5.97. The third kappa shape index (κ3) is 4.39. The van der Waals surface area contributed by atoms with E-state index in [1.165, 1.54) is 19.2 Å². The number of carbonyl (C=O) groups is 2. The van der Waals surface area contributed by atoms with Gasteiger partial charge in [0.25, 0.3) is 0 Å². The van der Waals surface area contributed by atoms with Crippen molar-refractivity contribution in [3.63, 3.8) is 0 Å². The quantitative estimate of drug-likeness (QED) is 0.524. The zero-order valence-electron chi connectivity index (χ0n) is 17.7. The molecule has 168 valence electrons. The lowest BCUT2D eigenvalue weighted by molar-refractivity contribution is -0.137. The Kier molecular flexibility index (Phi) is 6.03. The lowest BCUT2D eigenvalue weighted by Crippen LogP contribution is -2.39. The number of phenols is 1. The van der Waals surface area contributed by atoms with Gasteiger partial charge in [-0.15, -0.1) is 0 Å². The van der Waals surface area contributed by atoms with E-state index in [-0.39, 0.29) is 36.5 Å². The predicted molar refractivity (Wildman–Crippen MR) is 116 cm³/mol. The van der Waals surface area contributed by atoms with Crippen LogP contribution in [0.2, 0.25) is 0 Å². The number of benzene rings is 2. The van der Waals surface area contributed by atoms with Gasteiger partial charge in [-0.1, -0.05) is 6.07 Å². The molecule has 1 aromatic heterocycles. The van der Waals surface area contributed by atoms with Crippen molar-refractivity contribution in [3.05, 3.63) is 59.0 Å². The highest BCUT2D eigenvalue weighted by Crippen LogP contribution is 2.33. The summed E-state index contributed by atoms with van der Waals surface area (Å²) >= 11 is 0. The molecular weight excluding hydrogens is 415 g/mol. The summed E-state index contributed by atoms with van der Waals surface area (Å²) in [6.45, 7) is -0.176. The van der Waals surface area contributed by atoms with Gasteiger partial charge >= 0.3 is 5.97 Å². The molecule has 3 N–H and O–H groups in total. The number of aromatic hydroxyl groups is 1. The monoisotopic (exact) mass is 440 g/mol. The highest BCUT2D eigenvalue weighted by molar-refractivity contribution is 5.87. The number of aryl methyl sites for hydroxylation is 1. The van der Waals surface area contributed by atoms with Crippen LogP contribution in [0.15, 0.2) is 36.4 Å². The Balaban J connectivity index is 1.46. The fourth-order valence-corrected chi connectivity index (χ4v) is 4.50. The number of aromatic nitrogens is 1. The summed E-state index contributed by atoms with van der Waals surface area (Å²) in [4.78, 5) is 23.9. The number of carbonyl (C=O) groups excluding carboxylic acids is 1. The molecule has 0 bridgehead atoms. The number of hydrogen-bond donors (Lipinski definition) is 3. The predicted octanol–water partition coefficient (Wildman–Crippen LogP) is 3.19. The van der Waals surface area contributed by atoms with Crippen molar-refractivity contribution in [1.29, 1.82) is 0 Å². The molecule has 0 fully saturated rings. The van der Waals surface area contributed by atoms with Gasteiger partial charge in [0.05, 0.1) is 7.11 Å². The molecule has 1 atom stereocenters. The van der Waals surface area contributed by atoms with E-state index in [4.69, 9.17) is 4.74 Å². The van der Waals surface area contributed by atoms with Crippen molar-refractivity contribution >= 4 is 22.8 Å². The van der Waals surface area contributed by atoms with Gasteiger partial charge in [0.2, 0.25) is 5.91 Å². The van der Waals surface area contributed by atoms with Gasteiger partial charge in [-0.2, -0.15) is 0 Å². The first-order valence-electron chi connectivity index (χ1n) is 10.5. The molecule has 1 aliphatic carbocycles. The van der Waals surface area contributed by atoms with E-state index in [0.29, 0.717) is 42.3 Å². The number of methoxy groups -OCH3 is 1. The largest absolute Gasteiger partial charge is 0.504 e. The molecule has 0 saturated carbocycles. The van der Waals surface area contributed by atoms with Gasteiger partial charge in [-0.05, 0) is 67.1 Å². The van der Waals surface area contributed by atoms with E-state index in [9.17, 15) is 24.2 Å². The minimum atomic E-state index is -0.949. The number of amides is 1. The van der Waals surface area contributed by atoms with Crippen LogP contribution in [0.3, 0.4) is 0 Å². The number of carboxylic acid groups (broad SMARTS) is 1. The fraction of sp³-hybridized carbons (Fsp3) is 0.333. The van der Waals surface area contributed by atoms with Crippen molar-refractivity contribution in [2.24, 2.45) is 0 Å². The number of phenolic OH excluding ortho intramolecular Hbond substituents is 1. The number of aliphatic carboxylic acids is 1. The van der Waals surface area contributed by atoms with Gasteiger partial charge < -0.3 is 24.8 Å². The molecule has 0 radical (unpaired) electrons. The topological polar surface area (TPSA) is 101 Å². The summed E-state index contributed by atoms with van der Waals surface area (Å²) in [5.74, 6) is -0.991. The third-order valence-electron chi connectivity index (χ3n) is 5.97. The molecule has 4 rings (SSSR count). The van der Waals surface area contributed by atoms with E-state index in [2.05, 4.69) is 5.32 Å². The Morgan fingerprint density at radius 2 is 2.06 bits per heavy atom. The van der Waals surface area contributed by atoms with E-state index < -0.39 is 5.97 Å². The Morgan fingerprint density at radius 3 is 2.81 bits per heavy atom. The van der Waals surface area contributed by atoms with Crippen LogP contribution in [0.1, 0.15) is 29.7 Å². The summed E-state index contributed by atoms with van der Waals surface area (Å²) < 4.78 is 20.7. The molecule has 32 heavy (non-hydrogen) atoms. The maximum atomic E-state index is 13.9. The summed E-state index contributed by atoms with van der Waals surface area (Å²) in [6.07, 6.45) is 2.61. The summed E-state index contributed by atoms with van der Waals surface area (Å²) in [6, 6.07) is 9.30. The Hall–Kier alpha value is -3.55. The molecule has 1 amide bonds. The lowest BCUT2D eigenvalue weighted by atomic mass is 9.91. The van der Waals surface area contributed by atoms with Crippen molar-refractivity contribution in [1.82, 2.24) is 9.88 Å². The smallest absolute Gasteiger partial charge is 0.323 e. The van der Waals surface area contributed by atoms with Crippen LogP contribution < -0.4 is 10.1 Å². The maximum Gasteiger partial charge on any atom is 0.323 e. The number of ether oxygens (including phenoxy) is 1. The highest BCUT2D eigenvalue weighted by Gasteiger charge is 2.27. The van der Waals surface area contributed by atoms with Crippen LogP contribution in [-0.4, -0.2) is 39.8 Å². The molecule has 3 aromatic rings. The number of nitrogens with one attached hydrogen (secondary N) is 1. The van der Waals surface area contributed by atoms with Gasteiger partial charge in [-0.25, -0.2) is 4.39 Å². The Bertz CT molecular complexity index is 1190. The number of rotatable bonds is 7. The maximum absolute atomic E-state index is 13.9. The zero-order valence-corrected chi connectivity index (χ0v) is 17.7. The molecule has 0 aliphatic heterocycles. The second kappa shape index (κ2) is 8.90. The molecule has 0 spiro atoms. The Labute approximate surface area is 184 Å². The van der Waals surface area contributed by atoms with Crippen LogP contribution in [0.5, 0.6) is 11.5 Å². The minimum absolute atomic E-state index is 0.0530. The van der Waals surface area contributed by atoms with Crippen LogP contribution in [-0.2, 0) is 35.4 Å². The first kappa shape index (κ1) is 21.7. The minimum Gasteiger partial charge on any atom is -0.504 e. The van der Waals surface area contributed by atoms with Gasteiger partial charge in [-0.3, -0.25) is 9.59 Å². The number of halogens is 1. The highest BCUT2D eigenvalue weighted by atomic mass is 19.1. The fourth-order valence-electron chi connectivity index (χ4n) is 4.50. The number of nitrogens with zero attached hydrogens (tertiary/aromatic N) is 1.